The molecule has 0 aliphatic carbocycles. The van der Waals surface area contributed by atoms with Crippen molar-refractivity contribution in [2.75, 3.05) is 18.0 Å². The molecule has 1 aromatic carbocycles. The van der Waals surface area contributed by atoms with Gasteiger partial charge in [0.15, 0.2) is 5.13 Å². The van der Waals surface area contributed by atoms with Crippen LogP contribution in [0.2, 0.25) is 0 Å². The molecule has 2 aromatic rings. The third kappa shape index (κ3) is 2.03. The second-order valence-corrected chi connectivity index (χ2v) is 6.98. The Bertz CT molecular complexity index is 705. The monoisotopic (exact) mass is 299 g/mol. The Morgan fingerprint density at radius 1 is 1.33 bits per heavy atom. The molecule has 4 nitrogen and oxygen atoms in total. The van der Waals surface area contributed by atoms with Crippen LogP contribution in [0.25, 0.3) is 10.2 Å². The molecule has 0 radical (unpaired) electrons. The van der Waals surface area contributed by atoms with E-state index in [1.165, 1.54) is 4.70 Å². The van der Waals surface area contributed by atoms with Crippen LogP contribution in [-0.4, -0.2) is 24.0 Å². The van der Waals surface area contributed by atoms with Gasteiger partial charge in [-0.05, 0) is 31.4 Å². The van der Waals surface area contributed by atoms with Gasteiger partial charge in [-0.2, -0.15) is 0 Å². The molecular formula is C16H17N3OS. The molecule has 0 bridgehead atoms. The molecule has 0 saturated carbocycles. The van der Waals surface area contributed by atoms with Gasteiger partial charge in [0.05, 0.1) is 15.6 Å². The summed E-state index contributed by atoms with van der Waals surface area (Å²) in [7, 11) is 0. The largest absolute Gasteiger partial charge is 0.347 e. The number of piperidine rings is 1. The Hall–Kier alpha value is -1.88. The summed E-state index contributed by atoms with van der Waals surface area (Å²) in [5.41, 5.74) is 1.64. The van der Waals surface area contributed by atoms with Crippen molar-refractivity contribution in [1.29, 1.82) is 0 Å². The predicted octanol–water partition coefficient (Wildman–Crippen LogP) is 2.92. The van der Waals surface area contributed by atoms with E-state index in [4.69, 9.17) is 4.98 Å². The summed E-state index contributed by atoms with van der Waals surface area (Å²) in [6.45, 7) is 5.54. The van der Waals surface area contributed by atoms with Crippen molar-refractivity contribution in [2.45, 2.75) is 19.3 Å². The lowest BCUT2D eigenvalue weighted by Gasteiger charge is -2.33. The molecule has 1 N–H and O–H groups in total. The highest BCUT2D eigenvalue weighted by Crippen LogP contribution is 2.42. The fraction of sp³-hybridized carbons (Fsp3) is 0.375. The number of aromatic nitrogens is 1. The third-order valence-electron chi connectivity index (χ3n) is 4.58. The van der Waals surface area contributed by atoms with E-state index in [1.807, 2.05) is 18.2 Å². The van der Waals surface area contributed by atoms with E-state index < -0.39 is 0 Å². The van der Waals surface area contributed by atoms with Crippen LogP contribution < -0.4 is 10.2 Å². The van der Waals surface area contributed by atoms with Crippen LogP contribution in [0, 0.1) is 5.41 Å². The number of rotatable bonds is 1. The maximum atomic E-state index is 12.4. The molecule has 21 heavy (non-hydrogen) atoms. The zero-order chi connectivity index (χ0) is 14.4. The number of hydrogen-bond donors (Lipinski definition) is 1. The van der Waals surface area contributed by atoms with E-state index in [0.717, 1.165) is 48.7 Å². The molecule has 2 fully saturated rings. The first-order valence-electron chi connectivity index (χ1n) is 7.26. The van der Waals surface area contributed by atoms with Gasteiger partial charge in [0, 0.05) is 18.8 Å². The summed E-state index contributed by atoms with van der Waals surface area (Å²) in [5, 5.41) is 3.97. The number of anilines is 1. The third-order valence-corrected chi connectivity index (χ3v) is 5.68. The number of carbonyl (C=O) groups is 1. The highest BCUT2D eigenvalue weighted by Gasteiger charge is 2.47. The molecule has 3 heterocycles. The van der Waals surface area contributed by atoms with Gasteiger partial charge in [0.2, 0.25) is 5.91 Å². The number of nitrogens with one attached hydrogen (secondary N) is 1. The van der Waals surface area contributed by atoms with Crippen molar-refractivity contribution < 1.29 is 4.79 Å². The SMILES string of the molecule is C=C1CCC2(CCN(c3nc4ccccc4s3)C2)C(=O)N1. The standard InChI is InChI=1S/C16H17N3OS/c1-11-6-7-16(14(20)17-11)8-9-19(10-16)15-18-12-4-2-3-5-13(12)21-15/h2-5H,1,6-10H2,(H,17,20). The molecule has 1 atom stereocenters. The van der Waals surface area contributed by atoms with Crippen molar-refractivity contribution in [2.24, 2.45) is 5.41 Å². The smallest absolute Gasteiger partial charge is 0.232 e. The number of allylic oxidation sites excluding steroid dienone is 1. The van der Waals surface area contributed by atoms with Crippen LogP contribution in [0.4, 0.5) is 5.13 Å². The quantitative estimate of drug-likeness (QED) is 0.880. The van der Waals surface area contributed by atoms with E-state index in [1.54, 1.807) is 11.3 Å². The van der Waals surface area contributed by atoms with Crippen LogP contribution in [0.15, 0.2) is 36.5 Å². The van der Waals surface area contributed by atoms with Crippen LogP contribution >= 0.6 is 11.3 Å². The molecule has 4 rings (SSSR count). The minimum absolute atomic E-state index is 0.141. The van der Waals surface area contributed by atoms with Gasteiger partial charge >= 0.3 is 0 Å². The second-order valence-electron chi connectivity index (χ2n) is 5.97. The van der Waals surface area contributed by atoms with E-state index in [0.29, 0.717) is 0 Å². The van der Waals surface area contributed by atoms with Gasteiger partial charge in [-0.15, -0.1) is 0 Å². The maximum absolute atomic E-state index is 12.4. The van der Waals surface area contributed by atoms with Crippen LogP contribution in [0.5, 0.6) is 0 Å². The van der Waals surface area contributed by atoms with Gasteiger partial charge in [-0.3, -0.25) is 4.79 Å². The van der Waals surface area contributed by atoms with E-state index in [-0.39, 0.29) is 11.3 Å². The number of para-hydroxylation sites is 1. The summed E-state index contributed by atoms with van der Waals surface area (Å²) < 4.78 is 1.20. The summed E-state index contributed by atoms with van der Waals surface area (Å²) in [6, 6.07) is 8.19. The Labute approximate surface area is 127 Å². The molecule has 1 spiro atoms. The second kappa shape index (κ2) is 4.56. The lowest BCUT2D eigenvalue weighted by atomic mass is 9.78. The maximum Gasteiger partial charge on any atom is 0.232 e. The molecule has 1 unspecified atom stereocenters. The summed E-state index contributed by atoms with van der Waals surface area (Å²) >= 11 is 1.71. The Morgan fingerprint density at radius 2 is 2.19 bits per heavy atom. The van der Waals surface area contributed by atoms with Crippen molar-refractivity contribution in [3.63, 3.8) is 0 Å². The minimum atomic E-state index is -0.251. The lowest BCUT2D eigenvalue weighted by Crippen LogP contribution is -2.46. The molecule has 2 aliphatic heterocycles. The van der Waals surface area contributed by atoms with Crippen molar-refractivity contribution in [3.05, 3.63) is 36.5 Å². The zero-order valence-electron chi connectivity index (χ0n) is 11.8. The van der Waals surface area contributed by atoms with Gasteiger partial charge in [0.1, 0.15) is 0 Å². The van der Waals surface area contributed by atoms with Gasteiger partial charge in [0.25, 0.3) is 0 Å². The van der Waals surface area contributed by atoms with Crippen LogP contribution in [0.3, 0.4) is 0 Å². The van der Waals surface area contributed by atoms with Gasteiger partial charge < -0.3 is 10.2 Å². The van der Waals surface area contributed by atoms with E-state index >= 15 is 0 Å². The number of hydrogen-bond acceptors (Lipinski definition) is 4. The average Bonchev–Trinajstić information content (AvgIpc) is 3.08. The highest BCUT2D eigenvalue weighted by molar-refractivity contribution is 7.22. The Kier molecular flexibility index (Phi) is 2.79. The molecular weight excluding hydrogens is 282 g/mol. The lowest BCUT2D eigenvalue weighted by molar-refractivity contribution is -0.131. The first-order chi connectivity index (χ1) is 10.2. The number of amides is 1. The van der Waals surface area contributed by atoms with Crippen LogP contribution in [-0.2, 0) is 4.79 Å². The minimum Gasteiger partial charge on any atom is -0.347 e. The normalized spacial score (nSPS) is 25.8. The molecule has 5 heteroatoms. The van der Waals surface area contributed by atoms with Gasteiger partial charge in [-0.1, -0.05) is 30.0 Å². The van der Waals surface area contributed by atoms with E-state index in [9.17, 15) is 4.79 Å². The Morgan fingerprint density at radius 3 is 3.00 bits per heavy atom. The summed E-state index contributed by atoms with van der Waals surface area (Å²) in [5.74, 6) is 0.141. The number of benzene rings is 1. The molecule has 2 saturated heterocycles. The first-order valence-corrected chi connectivity index (χ1v) is 8.08. The fourth-order valence-corrected chi connectivity index (χ4v) is 4.27. The number of carbonyl (C=O) groups excluding carboxylic acids is 1. The van der Waals surface area contributed by atoms with Crippen molar-refractivity contribution in [3.8, 4) is 0 Å². The van der Waals surface area contributed by atoms with Crippen molar-refractivity contribution >= 4 is 32.6 Å². The van der Waals surface area contributed by atoms with E-state index in [2.05, 4.69) is 22.9 Å². The number of nitrogens with zero attached hydrogens (tertiary/aromatic N) is 2. The Balaban J connectivity index is 1.61. The highest BCUT2D eigenvalue weighted by atomic mass is 32.1. The van der Waals surface area contributed by atoms with Crippen LogP contribution in [0.1, 0.15) is 19.3 Å². The number of fused-ring (bicyclic) bond motifs is 1. The summed E-state index contributed by atoms with van der Waals surface area (Å²) in [6.07, 6.45) is 2.69. The first kappa shape index (κ1) is 12.8. The fourth-order valence-electron chi connectivity index (χ4n) is 3.28. The molecule has 2 aliphatic rings. The predicted molar refractivity (Wildman–Crippen MR) is 85.4 cm³/mol. The summed E-state index contributed by atoms with van der Waals surface area (Å²) in [4.78, 5) is 19.3. The molecule has 108 valence electrons. The number of thiazole rings is 1. The topological polar surface area (TPSA) is 45.2 Å². The molecule has 1 amide bonds. The molecule has 1 aromatic heterocycles. The van der Waals surface area contributed by atoms with Crippen molar-refractivity contribution in [1.82, 2.24) is 10.3 Å². The average molecular weight is 299 g/mol. The zero-order valence-corrected chi connectivity index (χ0v) is 12.6. The van der Waals surface area contributed by atoms with Gasteiger partial charge in [-0.25, -0.2) is 4.98 Å².